The summed E-state index contributed by atoms with van der Waals surface area (Å²) in [6, 6.07) is 2.82. The third-order valence-electron chi connectivity index (χ3n) is 1.61. The second kappa shape index (κ2) is 5.17. The Balaban J connectivity index is 3.02. The Bertz CT molecular complexity index is 442. The lowest BCUT2D eigenvalue weighted by Crippen LogP contribution is -2.26. The van der Waals surface area contributed by atoms with E-state index in [1.807, 2.05) is 0 Å². The lowest BCUT2D eigenvalue weighted by atomic mass is 10.3. The average Bonchev–Trinajstić information content (AvgIpc) is 2.23. The molecule has 0 fully saturated rings. The Kier molecular flexibility index (Phi) is 3.90. The van der Waals surface area contributed by atoms with E-state index in [1.165, 1.54) is 0 Å². The highest BCUT2D eigenvalue weighted by atomic mass is 19.1. The van der Waals surface area contributed by atoms with Gasteiger partial charge in [0.25, 0.3) is 0 Å². The summed E-state index contributed by atoms with van der Waals surface area (Å²) >= 11 is 0. The Morgan fingerprint density at radius 2 is 1.94 bits per heavy atom. The van der Waals surface area contributed by atoms with Gasteiger partial charge >= 0.3 is 0 Å². The minimum atomic E-state index is -0.703. The SMILES string of the molecule is NCC(N)=NC(N)=Nc1cc(F)ccc1F. The van der Waals surface area contributed by atoms with Gasteiger partial charge in [0.1, 0.15) is 23.2 Å². The highest BCUT2D eigenvalue weighted by Crippen LogP contribution is 2.18. The average molecular weight is 227 g/mol. The minimum absolute atomic E-state index is 0.00184. The molecule has 0 heterocycles. The molecule has 0 unspecified atom stereocenters. The number of hydrogen-bond acceptors (Lipinski definition) is 2. The van der Waals surface area contributed by atoms with E-state index in [0.29, 0.717) is 0 Å². The zero-order valence-electron chi connectivity index (χ0n) is 8.32. The van der Waals surface area contributed by atoms with Gasteiger partial charge in [0.2, 0.25) is 5.96 Å². The number of benzene rings is 1. The summed E-state index contributed by atoms with van der Waals surface area (Å²) in [5.41, 5.74) is 15.6. The van der Waals surface area contributed by atoms with Crippen LogP contribution in [-0.2, 0) is 0 Å². The summed E-state index contributed by atoms with van der Waals surface area (Å²) in [5, 5.41) is 0. The molecule has 1 rings (SSSR count). The Hall–Kier alpha value is -2.02. The van der Waals surface area contributed by atoms with Crippen molar-refractivity contribution in [2.24, 2.45) is 27.2 Å². The minimum Gasteiger partial charge on any atom is -0.386 e. The normalized spacial score (nSPS) is 12.9. The van der Waals surface area contributed by atoms with Crippen LogP contribution >= 0.6 is 0 Å². The number of amidine groups is 1. The molecule has 0 radical (unpaired) electrons. The number of halogens is 2. The van der Waals surface area contributed by atoms with E-state index in [4.69, 9.17) is 17.2 Å². The van der Waals surface area contributed by atoms with Gasteiger partial charge in [-0.1, -0.05) is 0 Å². The van der Waals surface area contributed by atoms with E-state index >= 15 is 0 Å². The smallest absolute Gasteiger partial charge is 0.222 e. The second-order valence-electron chi connectivity index (χ2n) is 2.87. The molecule has 0 aromatic heterocycles. The quantitative estimate of drug-likeness (QED) is 0.497. The molecule has 0 saturated heterocycles. The zero-order valence-corrected chi connectivity index (χ0v) is 8.32. The van der Waals surface area contributed by atoms with Crippen LogP contribution in [0.2, 0.25) is 0 Å². The highest BCUT2D eigenvalue weighted by molar-refractivity contribution is 5.96. The van der Waals surface area contributed by atoms with E-state index < -0.39 is 11.6 Å². The molecule has 6 N–H and O–H groups in total. The van der Waals surface area contributed by atoms with Gasteiger partial charge in [-0.2, -0.15) is 4.99 Å². The van der Waals surface area contributed by atoms with Crippen molar-refractivity contribution in [2.75, 3.05) is 6.54 Å². The van der Waals surface area contributed by atoms with Crippen molar-refractivity contribution >= 4 is 17.5 Å². The van der Waals surface area contributed by atoms with Crippen molar-refractivity contribution in [3.05, 3.63) is 29.8 Å². The van der Waals surface area contributed by atoms with Gasteiger partial charge in [-0.3, -0.25) is 0 Å². The van der Waals surface area contributed by atoms with Crippen molar-refractivity contribution in [3.8, 4) is 0 Å². The van der Waals surface area contributed by atoms with E-state index in [2.05, 4.69) is 9.98 Å². The standard InChI is InChI=1S/C9H11F2N5/c10-5-1-2-6(11)7(3-5)15-9(14)16-8(13)4-12/h1-3H,4,12H2,(H4,13,14,15,16). The van der Waals surface area contributed by atoms with Crippen LogP contribution in [0.4, 0.5) is 14.5 Å². The van der Waals surface area contributed by atoms with E-state index in [1.54, 1.807) is 0 Å². The molecule has 0 bridgehead atoms. The van der Waals surface area contributed by atoms with E-state index in [-0.39, 0.29) is 24.0 Å². The molecule has 5 nitrogen and oxygen atoms in total. The van der Waals surface area contributed by atoms with Crippen LogP contribution in [0.1, 0.15) is 0 Å². The van der Waals surface area contributed by atoms with Gasteiger partial charge in [-0.25, -0.2) is 13.8 Å². The first-order chi connectivity index (χ1) is 7.52. The van der Waals surface area contributed by atoms with Crippen molar-refractivity contribution in [3.63, 3.8) is 0 Å². The summed E-state index contributed by atoms with van der Waals surface area (Å²) in [4.78, 5) is 7.13. The number of aliphatic imine (C=N–C) groups is 2. The van der Waals surface area contributed by atoms with Gasteiger partial charge in [0.05, 0.1) is 6.54 Å². The predicted octanol–water partition coefficient (Wildman–Crippen LogP) is 0.227. The molecule has 0 saturated carbocycles. The molecular formula is C9H11F2N5. The number of hydrogen-bond donors (Lipinski definition) is 3. The molecule has 16 heavy (non-hydrogen) atoms. The van der Waals surface area contributed by atoms with Gasteiger partial charge < -0.3 is 17.2 Å². The summed E-state index contributed by atoms with van der Waals surface area (Å²) in [5.74, 6) is -1.56. The van der Waals surface area contributed by atoms with Crippen LogP contribution in [0.5, 0.6) is 0 Å². The molecule has 1 aromatic rings. The number of nitrogens with zero attached hydrogens (tertiary/aromatic N) is 2. The predicted molar refractivity (Wildman–Crippen MR) is 58.3 cm³/mol. The van der Waals surface area contributed by atoms with Crippen LogP contribution in [-0.4, -0.2) is 18.3 Å². The molecule has 0 aliphatic rings. The van der Waals surface area contributed by atoms with Crippen molar-refractivity contribution in [1.29, 1.82) is 0 Å². The number of rotatable bonds is 2. The molecule has 0 amide bonds. The highest BCUT2D eigenvalue weighted by Gasteiger charge is 2.03. The molecule has 1 aromatic carbocycles. The lowest BCUT2D eigenvalue weighted by Gasteiger charge is -1.99. The first-order valence-electron chi connectivity index (χ1n) is 4.35. The zero-order chi connectivity index (χ0) is 12.1. The third-order valence-corrected chi connectivity index (χ3v) is 1.61. The van der Waals surface area contributed by atoms with E-state index in [0.717, 1.165) is 18.2 Å². The Morgan fingerprint density at radius 1 is 1.25 bits per heavy atom. The number of nitrogens with two attached hydrogens (primary N) is 3. The maximum Gasteiger partial charge on any atom is 0.222 e. The monoisotopic (exact) mass is 227 g/mol. The third kappa shape index (κ3) is 3.28. The fraction of sp³-hybridized carbons (Fsp3) is 0.111. The van der Waals surface area contributed by atoms with E-state index in [9.17, 15) is 8.78 Å². The number of guanidine groups is 1. The first kappa shape index (κ1) is 12.1. The summed E-state index contributed by atoms with van der Waals surface area (Å²) in [6.07, 6.45) is 0. The molecule has 0 aliphatic carbocycles. The Morgan fingerprint density at radius 3 is 2.56 bits per heavy atom. The van der Waals surface area contributed by atoms with Crippen LogP contribution in [0.15, 0.2) is 28.2 Å². The first-order valence-corrected chi connectivity index (χ1v) is 4.35. The van der Waals surface area contributed by atoms with Crippen LogP contribution in [0, 0.1) is 11.6 Å². The van der Waals surface area contributed by atoms with Crippen LogP contribution < -0.4 is 17.2 Å². The largest absolute Gasteiger partial charge is 0.386 e. The van der Waals surface area contributed by atoms with Gasteiger partial charge in [0, 0.05) is 6.07 Å². The van der Waals surface area contributed by atoms with Gasteiger partial charge in [-0.05, 0) is 12.1 Å². The van der Waals surface area contributed by atoms with Crippen LogP contribution in [0.25, 0.3) is 0 Å². The lowest BCUT2D eigenvalue weighted by molar-refractivity contribution is 0.602. The van der Waals surface area contributed by atoms with Gasteiger partial charge in [0.15, 0.2) is 0 Å². The fourth-order valence-electron chi connectivity index (χ4n) is 0.913. The summed E-state index contributed by atoms with van der Waals surface area (Å²) in [6.45, 7) is 0.00184. The maximum absolute atomic E-state index is 13.1. The molecule has 7 heteroatoms. The van der Waals surface area contributed by atoms with Crippen molar-refractivity contribution in [1.82, 2.24) is 0 Å². The Labute approximate surface area is 90.7 Å². The summed E-state index contributed by atoms with van der Waals surface area (Å²) in [7, 11) is 0. The molecule has 0 atom stereocenters. The molecular weight excluding hydrogens is 216 g/mol. The topological polar surface area (TPSA) is 103 Å². The maximum atomic E-state index is 13.1. The van der Waals surface area contributed by atoms with Crippen LogP contribution in [0.3, 0.4) is 0 Å². The molecule has 86 valence electrons. The molecule has 0 spiro atoms. The van der Waals surface area contributed by atoms with Gasteiger partial charge in [-0.15, -0.1) is 0 Å². The summed E-state index contributed by atoms with van der Waals surface area (Å²) < 4.78 is 25.9. The second-order valence-corrected chi connectivity index (χ2v) is 2.87. The van der Waals surface area contributed by atoms with Crippen molar-refractivity contribution < 1.29 is 8.78 Å². The fourth-order valence-corrected chi connectivity index (χ4v) is 0.913. The molecule has 0 aliphatic heterocycles. The van der Waals surface area contributed by atoms with Crippen molar-refractivity contribution in [2.45, 2.75) is 0 Å².